The van der Waals surface area contributed by atoms with E-state index in [1.54, 1.807) is 0 Å². The molecule has 3 nitrogen and oxygen atoms in total. The molecule has 1 aromatic rings. The normalized spacial score (nSPS) is 20.4. The number of aliphatic hydroxyl groups is 1. The van der Waals surface area contributed by atoms with Gasteiger partial charge in [0.05, 0.1) is 6.10 Å². The van der Waals surface area contributed by atoms with Crippen molar-refractivity contribution < 1.29 is 9.90 Å². The molecule has 0 fully saturated rings. The van der Waals surface area contributed by atoms with Gasteiger partial charge in [0, 0.05) is 23.7 Å². The van der Waals surface area contributed by atoms with Gasteiger partial charge in [-0.15, -0.1) is 0 Å². The Bertz CT molecular complexity index is 430. The molecule has 0 spiro atoms. The van der Waals surface area contributed by atoms with Gasteiger partial charge in [0.1, 0.15) is 0 Å². The summed E-state index contributed by atoms with van der Waals surface area (Å²) in [5, 5.41) is 9.96. The summed E-state index contributed by atoms with van der Waals surface area (Å²) in [5.41, 5.74) is 1.75. The second-order valence-corrected chi connectivity index (χ2v) is 5.04. The predicted octanol–water partition coefficient (Wildman–Crippen LogP) is 2.89. The number of amides is 1. The van der Waals surface area contributed by atoms with Crippen LogP contribution in [0.25, 0.3) is 0 Å². The van der Waals surface area contributed by atoms with E-state index >= 15 is 0 Å². The molecule has 98 valence electrons. The zero-order chi connectivity index (χ0) is 13.1. The van der Waals surface area contributed by atoms with Crippen LogP contribution in [0.4, 0.5) is 5.69 Å². The number of carbonyl (C=O) groups is 1. The number of carbonyl (C=O) groups excluding carboxylic acids is 1. The van der Waals surface area contributed by atoms with Crippen molar-refractivity contribution in [3.05, 3.63) is 29.8 Å². The number of anilines is 1. The third-order valence-electron chi connectivity index (χ3n) is 3.62. The monoisotopic (exact) mass is 247 g/mol. The molecule has 0 saturated heterocycles. The minimum atomic E-state index is -0.438. The quantitative estimate of drug-likeness (QED) is 0.892. The molecule has 1 N–H and O–H groups in total. The van der Waals surface area contributed by atoms with Crippen molar-refractivity contribution in [1.82, 2.24) is 0 Å². The number of nitrogens with zero attached hydrogens (tertiary/aromatic N) is 1. The highest BCUT2D eigenvalue weighted by molar-refractivity contribution is 5.96. The van der Waals surface area contributed by atoms with Crippen LogP contribution in [0.15, 0.2) is 24.3 Å². The van der Waals surface area contributed by atoms with Crippen molar-refractivity contribution in [3.63, 3.8) is 0 Å². The van der Waals surface area contributed by atoms with Gasteiger partial charge < -0.3 is 10.0 Å². The molecular weight excluding hydrogens is 226 g/mol. The summed E-state index contributed by atoms with van der Waals surface area (Å²) < 4.78 is 0. The first kappa shape index (κ1) is 13.1. The van der Waals surface area contributed by atoms with Crippen LogP contribution in [-0.2, 0) is 4.79 Å². The van der Waals surface area contributed by atoms with Crippen LogP contribution < -0.4 is 4.90 Å². The Morgan fingerprint density at radius 1 is 1.50 bits per heavy atom. The Morgan fingerprint density at radius 2 is 2.22 bits per heavy atom. The van der Waals surface area contributed by atoms with E-state index < -0.39 is 6.10 Å². The van der Waals surface area contributed by atoms with Crippen LogP contribution in [0.1, 0.15) is 44.8 Å². The third-order valence-corrected chi connectivity index (χ3v) is 3.62. The van der Waals surface area contributed by atoms with E-state index in [2.05, 4.69) is 6.92 Å². The van der Waals surface area contributed by atoms with Crippen LogP contribution in [-0.4, -0.2) is 17.6 Å². The molecule has 0 aromatic heterocycles. The molecule has 18 heavy (non-hydrogen) atoms. The van der Waals surface area contributed by atoms with E-state index in [1.807, 2.05) is 36.1 Å². The van der Waals surface area contributed by atoms with E-state index in [1.165, 1.54) is 0 Å². The highest BCUT2D eigenvalue weighted by Gasteiger charge is 2.29. The smallest absolute Gasteiger partial charge is 0.229 e. The minimum Gasteiger partial charge on any atom is -0.388 e. The zero-order valence-corrected chi connectivity index (χ0v) is 11.1. The van der Waals surface area contributed by atoms with E-state index in [0.29, 0.717) is 13.0 Å². The van der Waals surface area contributed by atoms with Crippen LogP contribution in [0, 0.1) is 5.92 Å². The van der Waals surface area contributed by atoms with Crippen LogP contribution >= 0.6 is 0 Å². The number of hydrogen-bond acceptors (Lipinski definition) is 2. The van der Waals surface area contributed by atoms with E-state index in [9.17, 15) is 9.90 Å². The molecule has 1 aliphatic rings. The molecule has 1 aliphatic heterocycles. The van der Waals surface area contributed by atoms with Gasteiger partial charge in [-0.05, 0) is 18.9 Å². The highest BCUT2D eigenvalue weighted by Crippen LogP contribution is 2.34. The molecule has 0 saturated carbocycles. The second-order valence-electron chi connectivity index (χ2n) is 5.04. The van der Waals surface area contributed by atoms with E-state index in [0.717, 1.165) is 24.1 Å². The molecule has 2 rings (SSSR count). The minimum absolute atomic E-state index is 0.0540. The maximum atomic E-state index is 12.4. The first-order valence-electron chi connectivity index (χ1n) is 6.73. The van der Waals surface area contributed by atoms with Crippen LogP contribution in [0.2, 0.25) is 0 Å². The lowest BCUT2D eigenvalue weighted by Gasteiger charge is -2.33. The molecule has 2 unspecified atom stereocenters. The van der Waals surface area contributed by atoms with Crippen molar-refractivity contribution in [2.24, 2.45) is 5.92 Å². The number of para-hydroxylation sites is 1. The summed E-state index contributed by atoms with van der Waals surface area (Å²) in [6, 6.07) is 7.66. The predicted molar refractivity (Wildman–Crippen MR) is 72.4 cm³/mol. The first-order valence-corrected chi connectivity index (χ1v) is 6.73. The molecule has 0 radical (unpaired) electrons. The Labute approximate surface area is 108 Å². The van der Waals surface area contributed by atoms with Crippen molar-refractivity contribution in [2.45, 2.75) is 39.2 Å². The van der Waals surface area contributed by atoms with Crippen molar-refractivity contribution in [1.29, 1.82) is 0 Å². The lowest BCUT2D eigenvalue weighted by atomic mass is 9.96. The van der Waals surface area contributed by atoms with Gasteiger partial charge in [-0.2, -0.15) is 0 Å². The van der Waals surface area contributed by atoms with Gasteiger partial charge >= 0.3 is 0 Å². The van der Waals surface area contributed by atoms with Gasteiger partial charge in [-0.1, -0.05) is 38.5 Å². The zero-order valence-electron chi connectivity index (χ0n) is 11.1. The molecule has 3 heteroatoms. The number of benzene rings is 1. The topological polar surface area (TPSA) is 40.5 Å². The second kappa shape index (κ2) is 5.53. The number of fused-ring (bicyclic) bond motifs is 1. The molecule has 1 aromatic carbocycles. The lowest BCUT2D eigenvalue weighted by molar-refractivity contribution is -0.122. The first-order chi connectivity index (χ1) is 8.65. The fourth-order valence-corrected chi connectivity index (χ4v) is 2.59. The Balaban J connectivity index is 2.26. The molecule has 2 atom stereocenters. The Hall–Kier alpha value is -1.35. The van der Waals surface area contributed by atoms with Gasteiger partial charge in [0.25, 0.3) is 0 Å². The summed E-state index contributed by atoms with van der Waals surface area (Å²) >= 11 is 0. The molecule has 1 amide bonds. The average Bonchev–Trinajstić information content (AvgIpc) is 2.39. The van der Waals surface area contributed by atoms with Crippen LogP contribution in [0.5, 0.6) is 0 Å². The highest BCUT2D eigenvalue weighted by atomic mass is 16.3. The SMILES string of the molecule is CCCC(C)C(=O)N1CCC(O)c2ccccc21. The molecule has 1 heterocycles. The number of aliphatic hydroxyl groups excluding tert-OH is 1. The standard InChI is InChI=1S/C15H21NO2/c1-3-6-11(2)15(18)16-10-9-14(17)12-7-4-5-8-13(12)16/h4-5,7-8,11,14,17H,3,6,9-10H2,1-2H3. The van der Waals surface area contributed by atoms with Gasteiger partial charge in [0.15, 0.2) is 0 Å². The van der Waals surface area contributed by atoms with Crippen molar-refractivity contribution in [3.8, 4) is 0 Å². The molecular formula is C15H21NO2. The van der Waals surface area contributed by atoms with Crippen molar-refractivity contribution >= 4 is 11.6 Å². The fourth-order valence-electron chi connectivity index (χ4n) is 2.59. The summed E-state index contributed by atoms with van der Waals surface area (Å²) in [7, 11) is 0. The lowest BCUT2D eigenvalue weighted by Crippen LogP contribution is -2.39. The fraction of sp³-hybridized carbons (Fsp3) is 0.533. The Morgan fingerprint density at radius 3 is 2.94 bits per heavy atom. The van der Waals surface area contributed by atoms with Crippen molar-refractivity contribution in [2.75, 3.05) is 11.4 Å². The number of hydrogen-bond donors (Lipinski definition) is 1. The molecule has 0 aliphatic carbocycles. The maximum Gasteiger partial charge on any atom is 0.229 e. The van der Waals surface area contributed by atoms with E-state index in [4.69, 9.17) is 0 Å². The third kappa shape index (κ3) is 2.41. The summed E-state index contributed by atoms with van der Waals surface area (Å²) in [6.45, 7) is 4.70. The Kier molecular flexibility index (Phi) is 4.02. The average molecular weight is 247 g/mol. The van der Waals surface area contributed by atoms with E-state index in [-0.39, 0.29) is 11.8 Å². The molecule has 0 bridgehead atoms. The maximum absolute atomic E-state index is 12.4. The summed E-state index contributed by atoms with van der Waals surface area (Å²) in [6.07, 6.45) is 2.12. The largest absolute Gasteiger partial charge is 0.388 e. The van der Waals surface area contributed by atoms with Gasteiger partial charge in [0.2, 0.25) is 5.91 Å². The summed E-state index contributed by atoms with van der Waals surface area (Å²) in [4.78, 5) is 14.2. The summed E-state index contributed by atoms with van der Waals surface area (Å²) in [5.74, 6) is 0.231. The van der Waals surface area contributed by atoms with Gasteiger partial charge in [-0.3, -0.25) is 4.79 Å². The van der Waals surface area contributed by atoms with Crippen LogP contribution in [0.3, 0.4) is 0 Å². The number of rotatable bonds is 3. The van der Waals surface area contributed by atoms with Gasteiger partial charge in [-0.25, -0.2) is 0 Å².